The molecule has 168 valence electrons. The molecule has 0 amide bonds. The van der Waals surface area contributed by atoms with Gasteiger partial charge < -0.3 is 28.5 Å². The maximum atomic E-state index is 11.4. The number of carboxylic acid groups (broad SMARTS) is 1. The van der Waals surface area contributed by atoms with Crippen molar-refractivity contribution in [3.8, 4) is 23.0 Å². The third-order valence-corrected chi connectivity index (χ3v) is 6.36. The molecule has 0 spiro atoms. The lowest BCUT2D eigenvalue weighted by Crippen LogP contribution is -2.53. The molecule has 2 aromatic rings. The minimum atomic E-state index is -0.776. The summed E-state index contributed by atoms with van der Waals surface area (Å²) in [5.74, 6) is 1.99. The van der Waals surface area contributed by atoms with Gasteiger partial charge >= 0.3 is 5.97 Å². The van der Waals surface area contributed by atoms with Crippen LogP contribution in [0.5, 0.6) is 23.0 Å². The second kappa shape index (κ2) is 9.47. The van der Waals surface area contributed by atoms with Crippen molar-refractivity contribution in [1.82, 2.24) is 0 Å². The van der Waals surface area contributed by atoms with E-state index < -0.39 is 5.97 Å². The Kier molecular flexibility index (Phi) is 6.95. The normalized spacial score (nSPS) is 20.0. The Morgan fingerprint density at radius 1 is 0.968 bits per heavy atom. The van der Waals surface area contributed by atoms with Crippen LogP contribution in [-0.4, -0.2) is 64.1 Å². The Balaban J connectivity index is 2.06. The van der Waals surface area contributed by atoms with Crippen molar-refractivity contribution in [2.75, 3.05) is 48.6 Å². The summed E-state index contributed by atoms with van der Waals surface area (Å²) >= 11 is 0. The van der Waals surface area contributed by atoms with Crippen molar-refractivity contribution in [2.24, 2.45) is 0 Å². The van der Waals surface area contributed by atoms with Crippen LogP contribution in [0.25, 0.3) is 0 Å². The van der Waals surface area contributed by atoms with Crippen LogP contribution in [0, 0.1) is 0 Å². The van der Waals surface area contributed by atoms with Gasteiger partial charge in [-0.15, -0.1) is 0 Å². The first-order valence-corrected chi connectivity index (χ1v) is 10.4. The Morgan fingerprint density at radius 3 is 2.19 bits per heavy atom. The van der Waals surface area contributed by atoms with Crippen molar-refractivity contribution >= 4 is 5.97 Å². The summed E-state index contributed by atoms with van der Waals surface area (Å²) in [6.07, 6.45) is 1.72. The van der Waals surface area contributed by atoms with Gasteiger partial charge in [-0.2, -0.15) is 0 Å². The monoisotopic (exact) mass is 430 g/mol. The molecular formula is C24H32NO6+. The number of nitrogens with zero attached hydrogens (tertiary/aromatic N) is 1. The fraction of sp³-hybridized carbons (Fsp3) is 0.458. The number of rotatable bonds is 9. The first-order chi connectivity index (χ1) is 14.8. The zero-order valence-corrected chi connectivity index (χ0v) is 18.9. The molecule has 3 rings (SSSR count). The zero-order valence-electron chi connectivity index (χ0n) is 18.9. The molecule has 0 aliphatic carbocycles. The molecule has 1 heterocycles. The summed E-state index contributed by atoms with van der Waals surface area (Å²) in [5.41, 5.74) is 3.49. The van der Waals surface area contributed by atoms with Gasteiger partial charge in [-0.1, -0.05) is 6.07 Å². The van der Waals surface area contributed by atoms with Gasteiger partial charge in [-0.3, -0.25) is 4.79 Å². The van der Waals surface area contributed by atoms with E-state index in [1.807, 2.05) is 18.2 Å². The number of ether oxygens (including phenoxy) is 4. The van der Waals surface area contributed by atoms with Gasteiger partial charge in [-0.05, 0) is 35.4 Å². The molecule has 0 saturated carbocycles. The van der Waals surface area contributed by atoms with E-state index in [9.17, 15) is 9.90 Å². The summed E-state index contributed by atoms with van der Waals surface area (Å²) in [6.45, 7) is 1.41. The topological polar surface area (TPSA) is 74.2 Å². The number of benzene rings is 2. The van der Waals surface area contributed by atoms with Crippen molar-refractivity contribution in [2.45, 2.75) is 25.3 Å². The largest absolute Gasteiger partial charge is 0.493 e. The molecule has 0 bridgehead atoms. The quantitative estimate of drug-likeness (QED) is 0.614. The van der Waals surface area contributed by atoms with E-state index in [0.717, 1.165) is 24.9 Å². The van der Waals surface area contributed by atoms with Crippen LogP contribution in [0.4, 0.5) is 0 Å². The second-order valence-electron chi connectivity index (χ2n) is 8.14. The summed E-state index contributed by atoms with van der Waals surface area (Å²) in [6, 6.07) is 10.1. The summed E-state index contributed by atoms with van der Waals surface area (Å²) < 4.78 is 22.6. The average Bonchev–Trinajstić information content (AvgIpc) is 2.78. The SMILES string of the molecule is COc1ccc(C[C@@H]2c3cc(OC)c(OC)cc3CC[N@@+]2(C)CCC(=O)O)cc1OC. The van der Waals surface area contributed by atoms with Gasteiger partial charge in [0.15, 0.2) is 23.0 Å². The van der Waals surface area contributed by atoms with Crippen molar-refractivity contribution in [3.63, 3.8) is 0 Å². The zero-order chi connectivity index (χ0) is 22.6. The molecule has 1 N–H and O–H groups in total. The summed E-state index contributed by atoms with van der Waals surface area (Å²) in [4.78, 5) is 11.4. The highest BCUT2D eigenvalue weighted by atomic mass is 16.5. The van der Waals surface area contributed by atoms with Gasteiger partial charge in [0.1, 0.15) is 6.04 Å². The van der Waals surface area contributed by atoms with Gasteiger partial charge in [0.05, 0.1) is 55.0 Å². The highest BCUT2D eigenvalue weighted by Gasteiger charge is 2.40. The molecule has 1 aliphatic heterocycles. The first kappa shape index (κ1) is 22.7. The fourth-order valence-corrected chi connectivity index (χ4v) is 4.51. The molecule has 0 radical (unpaired) electrons. The third-order valence-electron chi connectivity index (χ3n) is 6.36. The van der Waals surface area contributed by atoms with E-state index in [2.05, 4.69) is 19.2 Å². The number of aliphatic carboxylic acids is 1. The lowest BCUT2D eigenvalue weighted by Gasteiger charge is -2.46. The molecular weight excluding hydrogens is 398 g/mol. The standard InChI is InChI=1S/C24H31NO6/c1-25(11-9-24(26)27)10-8-17-14-22(30-4)23(31-5)15-18(17)19(25)12-16-6-7-20(28-2)21(13-16)29-3/h6-7,13-15,19H,8-12H2,1-5H3/p+1/t19-,25+/m1/s1. The maximum Gasteiger partial charge on any atom is 0.309 e. The lowest BCUT2D eigenvalue weighted by molar-refractivity contribution is -0.940. The minimum absolute atomic E-state index is 0.0704. The number of carbonyl (C=O) groups is 1. The number of likely N-dealkylation sites (N-methyl/N-ethyl adjacent to an activating group) is 1. The van der Waals surface area contributed by atoms with E-state index in [0.29, 0.717) is 34.0 Å². The van der Waals surface area contributed by atoms with Crippen molar-refractivity contribution in [1.29, 1.82) is 0 Å². The molecule has 2 atom stereocenters. The Morgan fingerprint density at radius 2 is 1.58 bits per heavy atom. The fourth-order valence-electron chi connectivity index (χ4n) is 4.51. The predicted octanol–water partition coefficient (Wildman–Crippen LogP) is 3.48. The lowest BCUT2D eigenvalue weighted by atomic mass is 9.86. The molecule has 7 nitrogen and oxygen atoms in total. The van der Waals surface area contributed by atoms with Crippen LogP contribution in [-0.2, 0) is 17.6 Å². The number of fused-ring (bicyclic) bond motifs is 1. The van der Waals surface area contributed by atoms with Gasteiger partial charge in [0, 0.05) is 18.4 Å². The van der Waals surface area contributed by atoms with E-state index in [4.69, 9.17) is 18.9 Å². The second-order valence-corrected chi connectivity index (χ2v) is 8.14. The average molecular weight is 431 g/mol. The minimum Gasteiger partial charge on any atom is -0.493 e. The van der Waals surface area contributed by atoms with Crippen LogP contribution in [0.2, 0.25) is 0 Å². The number of hydrogen-bond donors (Lipinski definition) is 1. The first-order valence-electron chi connectivity index (χ1n) is 10.4. The third kappa shape index (κ3) is 4.71. The highest BCUT2D eigenvalue weighted by molar-refractivity contribution is 5.66. The Hall–Kier alpha value is -2.93. The Bertz CT molecular complexity index is 944. The number of carboxylic acids is 1. The van der Waals surface area contributed by atoms with E-state index in [1.54, 1.807) is 28.4 Å². The van der Waals surface area contributed by atoms with Crippen LogP contribution in [0.3, 0.4) is 0 Å². The van der Waals surface area contributed by atoms with E-state index >= 15 is 0 Å². The highest BCUT2D eigenvalue weighted by Crippen LogP contribution is 2.43. The van der Waals surface area contributed by atoms with Gasteiger partial charge in [-0.25, -0.2) is 0 Å². The molecule has 0 aromatic heterocycles. The molecule has 0 unspecified atom stereocenters. The van der Waals surface area contributed by atoms with Gasteiger partial charge in [0.2, 0.25) is 0 Å². The Labute approximate surface area is 183 Å². The maximum absolute atomic E-state index is 11.4. The van der Waals surface area contributed by atoms with E-state index in [-0.39, 0.29) is 12.5 Å². The van der Waals surface area contributed by atoms with Crippen molar-refractivity contribution in [3.05, 3.63) is 47.0 Å². The number of quaternary nitrogens is 1. The molecule has 31 heavy (non-hydrogen) atoms. The van der Waals surface area contributed by atoms with Crippen LogP contribution >= 0.6 is 0 Å². The van der Waals surface area contributed by atoms with Crippen molar-refractivity contribution < 1.29 is 33.3 Å². The van der Waals surface area contributed by atoms with E-state index in [1.165, 1.54) is 11.1 Å². The van der Waals surface area contributed by atoms with Gasteiger partial charge in [0.25, 0.3) is 0 Å². The molecule has 1 aliphatic rings. The van der Waals surface area contributed by atoms with Crippen LogP contribution in [0.1, 0.15) is 29.2 Å². The summed E-state index contributed by atoms with van der Waals surface area (Å²) in [7, 11) is 8.67. The summed E-state index contributed by atoms with van der Waals surface area (Å²) in [5, 5.41) is 9.33. The molecule has 7 heteroatoms. The number of methoxy groups -OCH3 is 4. The smallest absolute Gasteiger partial charge is 0.309 e. The van der Waals surface area contributed by atoms with Crippen LogP contribution in [0.15, 0.2) is 30.3 Å². The molecule has 2 aromatic carbocycles. The predicted molar refractivity (Wildman–Crippen MR) is 117 cm³/mol. The van der Waals surface area contributed by atoms with Crippen LogP contribution < -0.4 is 18.9 Å². The number of hydrogen-bond acceptors (Lipinski definition) is 5. The molecule has 0 fully saturated rings. The molecule has 0 saturated heterocycles.